The van der Waals surface area contributed by atoms with Gasteiger partial charge in [0, 0.05) is 17.1 Å². The molecular weight excluding hydrogens is 284 g/mol. The van der Waals surface area contributed by atoms with Gasteiger partial charge >= 0.3 is 0 Å². The van der Waals surface area contributed by atoms with E-state index in [0.717, 1.165) is 5.56 Å². The fraction of sp³-hybridized carbons (Fsp3) is 0.538. The van der Waals surface area contributed by atoms with E-state index in [4.69, 9.17) is 17.3 Å². The second-order valence-electron chi connectivity index (χ2n) is 5.24. The number of halogens is 1. The van der Waals surface area contributed by atoms with Gasteiger partial charge in [-0.1, -0.05) is 18.5 Å². The standard InChI is InChI=1S/C13H21ClN2O2S/c1-5-13(3,4)16-19(17,18)12-7-11(14)6-10(8-15)9(12)2/h6-7,16H,5,8,15H2,1-4H3. The van der Waals surface area contributed by atoms with E-state index in [0.29, 0.717) is 17.0 Å². The third-order valence-electron chi connectivity index (χ3n) is 3.24. The quantitative estimate of drug-likeness (QED) is 0.878. The molecule has 0 heterocycles. The largest absolute Gasteiger partial charge is 0.326 e. The zero-order valence-electron chi connectivity index (χ0n) is 11.7. The summed E-state index contributed by atoms with van der Waals surface area (Å²) in [7, 11) is -3.61. The highest BCUT2D eigenvalue weighted by Crippen LogP contribution is 2.25. The summed E-state index contributed by atoms with van der Waals surface area (Å²) < 4.78 is 27.6. The smallest absolute Gasteiger partial charge is 0.241 e. The van der Waals surface area contributed by atoms with Gasteiger partial charge in [0.05, 0.1) is 4.90 Å². The summed E-state index contributed by atoms with van der Waals surface area (Å²) in [6, 6.07) is 3.16. The third kappa shape index (κ3) is 3.92. The molecule has 0 radical (unpaired) electrons. The van der Waals surface area contributed by atoms with Crippen LogP contribution >= 0.6 is 11.6 Å². The molecule has 6 heteroatoms. The Kier molecular flexibility index (Phi) is 5.01. The summed E-state index contributed by atoms with van der Waals surface area (Å²) in [6.45, 7) is 7.61. The molecule has 19 heavy (non-hydrogen) atoms. The van der Waals surface area contributed by atoms with Crippen LogP contribution in [0.3, 0.4) is 0 Å². The van der Waals surface area contributed by atoms with E-state index < -0.39 is 15.6 Å². The van der Waals surface area contributed by atoms with E-state index in [1.54, 1.807) is 13.0 Å². The van der Waals surface area contributed by atoms with Crippen LogP contribution in [0, 0.1) is 6.92 Å². The van der Waals surface area contributed by atoms with Crippen LogP contribution in [0.2, 0.25) is 5.02 Å². The van der Waals surface area contributed by atoms with Crippen LogP contribution in [0.15, 0.2) is 17.0 Å². The number of hydrogen-bond acceptors (Lipinski definition) is 3. The summed E-state index contributed by atoms with van der Waals surface area (Å²) >= 11 is 5.96. The SMILES string of the molecule is CCC(C)(C)NS(=O)(=O)c1cc(Cl)cc(CN)c1C. The van der Waals surface area contributed by atoms with Crippen LogP contribution in [-0.2, 0) is 16.6 Å². The fourth-order valence-electron chi connectivity index (χ4n) is 1.69. The van der Waals surface area contributed by atoms with E-state index in [9.17, 15) is 8.42 Å². The first-order chi connectivity index (χ1) is 8.63. The lowest BCUT2D eigenvalue weighted by atomic mass is 10.0. The molecule has 0 fully saturated rings. The first-order valence-electron chi connectivity index (χ1n) is 6.16. The van der Waals surface area contributed by atoms with Crippen molar-refractivity contribution in [1.82, 2.24) is 4.72 Å². The molecule has 0 aromatic heterocycles. The van der Waals surface area contributed by atoms with Crippen molar-refractivity contribution in [3.8, 4) is 0 Å². The maximum atomic E-state index is 12.4. The van der Waals surface area contributed by atoms with Crippen LogP contribution in [0.5, 0.6) is 0 Å². The lowest BCUT2D eigenvalue weighted by molar-refractivity contribution is 0.439. The van der Waals surface area contributed by atoms with E-state index in [1.807, 2.05) is 20.8 Å². The number of nitrogens with one attached hydrogen (secondary N) is 1. The number of benzene rings is 1. The average molecular weight is 305 g/mol. The Bertz CT molecular complexity index is 568. The third-order valence-corrected chi connectivity index (χ3v) is 5.28. The Labute approximate surface area is 120 Å². The van der Waals surface area contributed by atoms with Crippen LogP contribution in [-0.4, -0.2) is 14.0 Å². The Balaban J connectivity index is 3.33. The van der Waals surface area contributed by atoms with Gasteiger partial charge < -0.3 is 5.73 Å². The van der Waals surface area contributed by atoms with Crippen molar-refractivity contribution in [2.75, 3.05) is 0 Å². The van der Waals surface area contributed by atoms with Gasteiger partial charge in [0.25, 0.3) is 0 Å². The number of hydrogen-bond donors (Lipinski definition) is 2. The highest BCUT2D eigenvalue weighted by atomic mass is 35.5. The van der Waals surface area contributed by atoms with Crippen molar-refractivity contribution in [2.45, 2.75) is 51.1 Å². The minimum Gasteiger partial charge on any atom is -0.326 e. The fourth-order valence-corrected chi connectivity index (χ4v) is 3.79. The van der Waals surface area contributed by atoms with Crippen molar-refractivity contribution in [3.05, 3.63) is 28.3 Å². The van der Waals surface area contributed by atoms with E-state index in [-0.39, 0.29) is 11.4 Å². The summed E-state index contributed by atoms with van der Waals surface area (Å²) in [5.41, 5.74) is 6.49. The molecule has 1 rings (SSSR count). The Hall–Kier alpha value is -0.620. The van der Waals surface area contributed by atoms with Gasteiger partial charge in [0.2, 0.25) is 10.0 Å². The van der Waals surface area contributed by atoms with E-state index in [2.05, 4.69) is 4.72 Å². The highest BCUT2D eigenvalue weighted by Gasteiger charge is 2.26. The number of sulfonamides is 1. The maximum Gasteiger partial charge on any atom is 0.241 e. The van der Waals surface area contributed by atoms with E-state index in [1.165, 1.54) is 6.07 Å². The van der Waals surface area contributed by atoms with Crippen LogP contribution < -0.4 is 10.5 Å². The molecule has 0 spiro atoms. The van der Waals surface area contributed by atoms with Gasteiger partial charge in [-0.3, -0.25) is 0 Å². The molecule has 0 amide bonds. The minimum absolute atomic E-state index is 0.196. The molecule has 0 unspecified atom stereocenters. The second kappa shape index (κ2) is 5.79. The second-order valence-corrected chi connectivity index (χ2v) is 7.32. The predicted octanol–water partition coefficient (Wildman–Crippen LogP) is 2.57. The Morgan fingerprint density at radius 3 is 2.42 bits per heavy atom. The van der Waals surface area contributed by atoms with Gasteiger partial charge in [-0.25, -0.2) is 13.1 Å². The molecule has 0 aliphatic heterocycles. The topological polar surface area (TPSA) is 72.2 Å². The highest BCUT2D eigenvalue weighted by molar-refractivity contribution is 7.89. The normalized spacial score (nSPS) is 12.7. The van der Waals surface area contributed by atoms with Gasteiger partial charge in [0.15, 0.2) is 0 Å². The molecule has 0 atom stereocenters. The average Bonchev–Trinajstić information content (AvgIpc) is 2.30. The summed E-state index contributed by atoms with van der Waals surface area (Å²) in [6.07, 6.45) is 0.690. The molecule has 3 N–H and O–H groups in total. The van der Waals surface area contributed by atoms with Gasteiger partial charge in [-0.2, -0.15) is 0 Å². The van der Waals surface area contributed by atoms with Crippen LogP contribution in [0.1, 0.15) is 38.3 Å². The molecule has 1 aromatic carbocycles. The zero-order valence-corrected chi connectivity index (χ0v) is 13.3. The number of rotatable bonds is 5. The van der Waals surface area contributed by atoms with Crippen molar-refractivity contribution in [1.29, 1.82) is 0 Å². The predicted molar refractivity (Wildman–Crippen MR) is 78.8 cm³/mol. The molecule has 108 valence electrons. The summed E-state index contributed by atoms with van der Waals surface area (Å²) in [5.74, 6) is 0. The van der Waals surface area contributed by atoms with Crippen molar-refractivity contribution >= 4 is 21.6 Å². The molecule has 0 saturated carbocycles. The van der Waals surface area contributed by atoms with Crippen molar-refractivity contribution in [3.63, 3.8) is 0 Å². The Morgan fingerprint density at radius 1 is 1.37 bits per heavy atom. The van der Waals surface area contributed by atoms with Crippen molar-refractivity contribution < 1.29 is 8.42 Å². The summed E-state index contributed by atoms with van der Waals surface area (Å²) in [5, 5.41) is 0.376. The molecule has 1 aromatic rings. The first-order valence-corrected chi connectivity index (χ1v) is 8.02. The molecule has 4 nitrogen and oxygen atoms in total. The maximum absolute atomic E-state index is 12.4. The molecule has 0 saturated heterocycles. The monoisotopic (exact) mass is 304 g/mol. The minimum atomic E-state index is -3.61. The molecule has 0 aliphatic carbocycles. The van der Waals surface area contributed by atoms with Crippen LogP contribution in [0.4, 0.5) is 0 Å². The Morgan fingerprint density at radius 2 is 1.95 bits per heavy atom. The molecule has 0 aliphatic rings. The van der Waals surface area contributed by atoms with Gasteiger partial charge in [0.1, 0.15) is 0 Å². The van der Waals surface area contributed by atoms with Gasteiger partial charge in [-0.05, 0) is 50.5 Å². The van der Waals surface area contributed by atoms with Crippen molar-refractivity contribution in [2.24, 2.45) is 5.73 Å². The lowest BCUT2D eigenvalue weighted by Gasteiger charge is -2.25. The van der Waals surface area contributed by atoms with Crippen LogP contribution in [0.25, 0.3) is 0 Å². The first kappa shape index (κ1) is 16.4. The zero-order chi connectivity index (χ0) is 14.8. The molecule has 0 bridgehead atoms. The van der Waals surface area contributed by atoms with E-state index >= 15 is 0 Å². The van der Waals surface area contributed by atoms with Gasteiger partial charge in [-0.15, -0.1) is 0 Å². The summed E-state index contributed by atoms with van der Waals surface area (Å²) in [4.78, 5) is 0.196. The lowest BCUT2D eigenvalue weighted by Crippen LogP contribution is -2.42. The number of nitrogens with two attached hydrogens (primary N) is 1. The molecular formula is C13H21ClN2O2S.